The Hall–Kier alpha value is -3.26. The molecule has 0 aromatic heterocycles. The summed E-state index contributed by atoms with van der Waals surface area (Å²) >= 11 is 0. The molecular weight excluding hydrogens is 418 g/mol. The van der Waals surface area contributed by atoms with Crippen LogP contribution in [0.3, 0.4) is 0 Å². The Morgan fingerprint density at radius 2 is 1.73 bits per heavy atom. The number of carbonyl (C=O) groups is 2. The lowest BCUT2D eigenvalue weighted by molar-refractivity contribution is -0.117. The fraction of sp³-hybridized carbons (Fsp3) is 0.440. The van der Waals surface area contributed by atoms with Crippen molar-refractivity contribution in [3.05, 3.63) is 54.6 Å². The fourth-order valence-electron chi connectivity index (χ4n) is 4.38. The van der Waals surface area contributed by atoms with E-state index in [9.17, 15) is 9.59 Å². The van der Waals surface area contributed by atoms with Crippen molar-refractivity contribution in [3.8, 4) is 5.75 Å². The molecule has 2 N–H and O–H groups in total. The molecule has 0 aliphatic carbocycles. The average molecular weight is 452 g/mol. The summed E-state index contributed by atoms with van der Waals surface area (Å²) in [5, 5.41) is 5.88. The second-order valence-electron chi connectivity index (χ2n) is 8.40. The van der Waals surface area contributed by atoms with Gasteiger partial charge in [0.25, 0.3) is 0 Å². The van der Waals surface area contributed by atoms with Crippen molar-refractivity contribution >= 4 is 23.3 Å². The van der Waals surface area contributed by atoms with Crippen LogP contribution in [0.5, 0.6) is 5.75 Å². The molecule has 1 atom stereocenters. The summed E-state index contributed by atoms with van der Waals surface area (Å²) < 4.78 is 5.46. The number of ether oxygens (including phenoxy) is 1. The normalized spacial score (nSPS) is 18.9. The van der Waals surface area contributed by atoms with Crippen LogP contribution in [0.15, 0.2) is 54.6 Å². The van der Waals surface area contributed by atoms with Gasteiger partial charge in [-0.25, -0.2) is 4.79 Å². The molecule has 2 aliphatic rings. The number of nitrogens with one attached hydrogen (secondary N) is 2. The van der Waals surface area contributed by atoms with Crippen LogP contribution in [0.1, 0.15) is 13.3 Å². The number of nitrogens with zero attached hydrogens (tertiary/aromatic N) is 3. The minimum absolute atomic E-state index is 0.0146. The van der Waals surface area contributed by atoms with E-state index in [1.807, 2.05) is 37.3 Å². The highest BCUT2D eigenvalue weighted by atomic mass is 16.5. The molecule has 33 heavy (non-hydrogen) atoms. The smallest absolute Gasteiger partial charge is 0.315 e. The van der Waals surface area contributed by atoms with Crippen LogP contribution < -0.4 is 25.2 Å². The molecule has 2 saturated heterocycles. The standard InChI is InChI=1S/C25H33N5O3/c1-2-33-23-10-8-22(9-11-23)30-19-20(18-24(30)31)27-25(32)26-12-13-28-14-16-29(17-15-28)21-6-4-3-5-7-21/h3-11,20H,2,12-19H2,1H3,(H2,26,27,32)/t20-/m1/s1. The van der Waals surface area contributed by atoms with Crippen LogP contribution in [0.4, 0.5) is 16.2 Å². The summed E-state index contributed by atoms with van der Waals surface area (Å²) in [6.07, 6.45) is 0.308. The minimum atomic E-state index is -0.218. The number of piperazine rings is 1. The molecule has 4 rings (SSSR count). The van der Waals surface area contributed by atoms with Crippen molar-refractivity contribution in [2.75, 3.05) is 62.2 Å². The molecule has 2 aromatic rings. The maximum Gasteiger partial charge on any atom is 0.315 e. The number of hydrogen-bond donors (Lipinski definition) is 2. The highest BCUT2D eigenvalue weighted by Gasteiger charge is 2.31. The zero-order valence-electron chi connectivity index (χ0n) is 19.2. The van der Waals surface area contributed by atoms with E-state index >= 15 is 0 Å². The lowest BCUT2D eigenvalue weighted by atomic mass is 10.2. The molecule has 176 valence electrons. The Morgan fingerprint density at radius 3 is 2.42 bits per heavy atom. The quantitative estimate of drug-likeness (QED) is 0.644. The van der Waals surface area contributed by atoms with Crippen molar-refractivity contribution in [2.24, 2.45) is 0 Å². The third kappa shape index (κ3) is 6.16. The van der Waals surface area contributed by atoms with Gasteiger partial charge in [0.05, 0.1) is 12.6 Å². The van der Waals surface area contributed by atoms with Gasteiger partial charge in [-0.05, 0) is 43.3 Å². The average Bonchev–Trinajstić information content (AvgIpc) is 3.20. The first-order valence-electron chi connectivity index (χ1n) is 11.7. The molecular formula is C25H33N5O3. The molecule has 8 heteroatoms. The number of benzene rings is 2. The summed E-state index contributed by atoms with van der Waals surface area (Å²) in [6.45, 7) is 8.35. The van der Waals surface area contributed by atoms with Gasteiger partial charge in [-0.1, -0.05) is 18.2 Å². The molecule has 0 radical (unpaired) electrons. The monoisotopic (exact) mass is 451 g/mol. The van der Waals surface area contributed by atoms with Gasteiger partial charge < -0.3 is 25.2 Å². The van der Waals surface area contributed by atoms with Gasteiger partial charge in [-0.15, -0.1) is 0 Å². The lowest BCUT2D eigenvalue weighted by Crippen LogP contribution is -2.50. The van der Waals surface area contributed by atoms with Gasteiger partial charge in [0, 0.05) is 63.6 Å². The third-order valence-corrected chi connectivity index (χ3v) is 6.13. The van der Waals surface area contributed by atoms with Gasteiger partial charge in [-0.2, -0.15) is 0 Å². The zero-order chi connectivity index (χ0) is 23.0. The Morgan fingerprint density at radius 1 is 1.00 bits per heavy atom. The lowest BCUT2D eigenvalue weighted by Gasteiger charge is -2.36. The molecule has 0 saturated carbocycles. The fourth-order valence-corrected chi connectivity index (χ4v) is 4.38. The van der Waals surface area contributed by atoms with Crippen LogP contribution in [0, 0.1) is 0 Å². The Labute approximate surface area is 195 Å². The summed E-state index contributed by atoms with van der Waals surface area (Å²) in [7, 11) is 0. The van der Waals surface area contributed by atoms with Crippen LogP contribution in [0.2, 0.25) is 0 Å². The van der Waals surface area contributed by atoms with E-state index in [-0.39, 0.29) is 18.0 Å². The van der Waals surface area contributed by atoms with Gasteiger partial charge in [0.1, 0.15) is 5.75 Å². The SMILES string of the molecule is CCOc1ccc(N2C[C@H](NC(=O)NCCN3CCN(c4ccccc4)CC3)CC2=O)cc1. The molecule has 0 unspecified atom stereocenters. The summed E-state index contributed by atoms with van der Waals surface area (Å²) in [5.74, 6) is 0.796. The van der Waals surface area contributed by atoms with Crippen molar-refractivity contribution in [1.29, 1.82) is 0 Å². The van der Waals surface area contributed by atoms with E-state index in [4.69, 9.17) is 4.74 Å². The Balaban J connectivity index is 1.15. The number of carbonyl (C=O) groups excluding carboxylic acids is 2. The Bertz CT molecular complexity index is 913. The van der Waals surface area contributed by atoms with Crippen LogP contribution in [0.25, 0.3) is 0 Å². The molecule has 2 aromatic carbocycles. The van der Waals surface area contributed by atoms with Crippen LogP contribution in [-0.2, 0) is 4.79 Å². The predicted octanol–water partition coefficient (Wildman–Crippen LogP) is 2.31. The topological polar surface area (TPSA) is 77.2 Å². The number of hydrogen-bond acceptors (Lipinski definition) is 5. The highest BCUT2D eigenvalue weighted by molar-refractivity contribution is 5.96. The van der Waals surface area contributed by atoms with Crippen molar-refractivity contribution < 1.29 is 14.3 Å². The first-order valence-corrected chi connectivity index (χ1v) is 11.7. The van der Waals surface area contributed by atoms with Crippen molar-refractivity contribution in [2.45, 2.75) is 19.4 Å². The van der Waals surface area contributed by atoms with E-state index < -0.39 is 0 Å². The second-order valence-corrected chi connectivity index (χ2v) is 8.40. The first kappa shape index (κ1) is 22.9. The van der Waals surface area contributed by atoms with Crippen LogP contribution in [-0.4, -0.2) is 75.3 Å². The highest BCUT2D eigenvalue weighted by Crippen LogP contribution is 2.24. The number of urea groups is 1. The summed E-state index contributed by atoms with van der Waals surface area (Å²) in [6, 6.07) is 17.5. The first-order chi connectivity index (χ1) is 16.1. The second kappa shape index (κ2) is 11.0. The van der Waals surface area contributed by atoms with E-state index in [0.29, 0.717) is 26.1 Å². The van der Waals surface area contributed by atoms with Gasteiger partial charge >= 0.3 is 6.03 Å². The Kier molecular flexibility index (Phi) is 7.67. The third-order valence-electron chi connectivity index (χ3n) is 6.13. The number of anilines is 2. The van der Waals surface area contributed by atoms with Gasteiger partial charge in [-0.3, -0.25) is 9.69 Å². The number of para-hydroxylation sites is 1. The summed E-state index contributed by atoms with van der Waals surface area (Å²) in [5.41, 5.74) is 2.09. The minimum Gasteiger partial charge on any atom is -0.494 e. The predicted molar refractivity (Wildman–Crippen MR) is 130 cm³/mol. The van der Waals surface area contributed by atoms with Gasteiger partial charge in [0.2, 0.25) is 5.91 Å². The van der Waals surface area contributed by atoms with Gasteiger partial charge in [0.15, 0.2) is 0 Å². The van der Waals surface area contributed by atoms with Crippen molar-refractivity contribution in [1.82, 2.24) is 15.5 Å². The van der Waals surface area contributed by atoms with E-state index in [0.717, 1.165) is 44.2 Å². The maximum absolute atomic E-state index is 12.4. The molecule has 0 bridgehead atoms. The van der Waals surface area contributed by atoms with E-state index in [1.165, 1.54) is 5.69 Å². The molecule has 3 amide bonds. The largest absolute Gasteiger partial charge is 0.494 e. The molecule has 2 fully saturated rings. The molecule has 2 aliphatic heterocycles. The zero-order valence-corrected chi connectivity index (χ0v) is 19.2. The number of rotatable bonds is 8. The summed E-state index contributed by atoms with van der Waals surface area (Å²) in [4.78, 5) is 31.3. The maximum atomic E-state index is 12.4. The molecule has 0 spiro atoms. The van der Waals surface area contributed by atoms with Crippen molar-refractivity contribution in [3.63, 3.8) is 0 Å². The molecule has 8 nitrogen and oxygen atoms in total. The van der Waals surface area contributed by atoms with E-state index in [2.05, 4.69) is 44.7 Å². The van der Waals surface area contributed by atoms with Crippen LogP contribution >= 0.6 is 0 Å². The number of amides is 3. The molecule has 2 heterocycles. The van der Waals surface area contributed by atoms with E-state index in [1.54, 1.807) is 4.90 Å².